The fourth-order valence-corrected chi connectivity index (χ4v) is 9.92. The van der Waals surface area contributed by atoms with Crippen LogP contribution in [0.5, 0.6) is 17.2 Å². The molecule has 0 spiro atoms. The molecule has 2 aromatic carbocycles. The Morgan fingerprint density at radius 2 is 1.74 bits per heavy atom. The lowest BCUT2D eigenvalue weighted by molar-refractivity contribution is -0.160. The van der Waals surface area contributed by atoms with E-state index >= 15 is 0 Å². The number of hydrogen-bond acceptors (Lipinski definition) is 16. The normalized spacial score (nSPS) is 32.7. The van der Waals surface area contributed by atoms with E-state index in [1.54, 1.807) is 52.0 Å². The number of esters is 1. The molecular formula is C48H56N4O13. The monoisotopic (exact) mass is 896 g/mol. The van der Waals surface area contributed by atoms with Gasteiger partial charge in [-0.1, -0.05) is 45.9 Å². The summed E-state index contributed by atoms with van der Waals surface area (Å²) in [5, 5.41) is 52.0. The molecule has 3 unspecified atom stereocenters. The van der Waals surface area contributed by atoms with Crippen molar-refractivity contribution in [2.45, 2.75) is 104 Å². The molecule has 17 heteroatoms. The van der Waals surface area contributed by atoms with Crippen molar-refractivity contribution in [1.82, 2.24) is 10.3 Å². The highest BCUT2D eigenvalue weighted by Crippen LogP contribution is 2.51. The maximum Gasteiger partial charge on any atom is 0.312 e. The lowest BCUT2D eigenvalue weighted by Gasteiger charge is -2.38. The van der Waals surface area contributed by atoms with E-state index in [9.17, 15) is 39.6 Å². The summed E-state index contributed by atoms with van der Waals surface area (Å²) in [4.78, 5) is 63.0. The van der Waals surface area contributed by atoms with Crippen molar-refractivity contribution >= 4 is 50.9 Å². The summed E-state index contributed by atoms with van der Waals surface area (Å²) in [7, 11) is 1.44. The van der Waals surface area contributed by atoms with E-state index in [4.69, 9.17) is 28.3 Å². The molecule has 2 fully saturated rings. The Balaban J connectivity index is 1.33. The van der Waals surface area contributed by atoms with Crippen molar-refractivity contribution in [2.75, 3.05) is 30.4 Å². The number of carbonyl (C=O) groups excluding carboxylic acids is 3. The number of aliphatic hydroxyl groups is 2. The SMILES string of the molecule is CO[C@H]1/C=C/OC2(C)Oc3c(C)c(O)c4c(=O)c(c5oc6cc(N7CC8CC7CN8)cc(O)c6nc-5c4c3C2=O)NC(=O)/C(C)=C\C=C\[C@H](C)[C@H](O)[C@@H](C)[C@@H](O)[C@@H](C)[C@H](OC(C)=O)[C@@H]1C. The van der Waals surface area contributed by atoms with Gasteiger partial charge in [0.25, 0.3) is 11.7 Å². The minimum Gasteiger partial charge on any atom is -0.507 e. The number of allylic oxidation sites excluding steroid dienone is 2. The summed E-state index contributed by atoms with van der Waals surface area (Å²) in [6.45, 7) is 14.0. The average molecular weight is 897 g/mol. The predicted molar refractivity (Wildman–Crippen MR) is 240 cm³/mol. The Morgan fingerprint density at radius 1 is 1.00 bits per heavy atom. The van der Waals surface area contributed by atoms with Gasteiger partial charge in [-0.3, -0.25) is 19.2 Å². The van der Waals surface area contributed by atoms with Gasteiger partial charge in [-0.05, 0) is 26.3 Å². The van der Waals surface area contributed by atoms with Gasteiger partial charge in [0.15, 0.2) is 11.3 Å². The Kier molecular flexibility index (Phi) is 12.0. The van der Waals surface area contributed by atoms with Crippen LogP contribution < -0.4 is 25.7 Å². The predicted octanol–water partition coefficient (Wildman–Crippen LogP) is 5.21. The lowest BCUT2D eigenvalue weighted by atomic mass is 9.78. The van der Waals surface area contributed by atoms with Crippen LogP contribution in [-0.2, 0) is 23.8 Å². The summed E-state index contributed by atoms with van der Waals surface area (Å²) in [5.41, 5.74) is -0.607. The fraction of sp³-hybridized carbons (Fsp3) is 0.479. The van der Waals surface area contributed by atoms with Crippen LogP contribution in [-0.4, -0.2) is 106 Å². The molecule has 1 amide bonds. The van der Waals surface area contributed by atoms with Gasteiger partial charge >= 0.3 is 11.8 Å². The molecule has 6 N–H and O–H groups in total. The number of aromatic hydroxyl groups is 2. The number of ether oxygens (including phenoxy) is 4. The number of benzene rings is 3. The summed E-state index contributed by atoms with van der Waals surface area (Å²) in [5.74, 6) is -7.79. The molecule has 6 bridgehead atoms. The van der Waals surface area contributed by atoms with Crippen LogP contribution in [0.3, 0.4) is 0 Å². The third-order valence-electron chi connectivity index (χ3n) is 13.8. The fourth-order valence-electron chi connectivity index (χ4n) is 9.92. The van der Waals surface area contributed by atoms with Crippen LogP contribution in [0, 0.1) is 30.6 Å². The van der Waals surface area contributed by atoms with Crippen molar-refractivity contribution in [2.24, 2.45) is 23.7 Å². The number of piperazine rings is 1. The van der Waals surface area contributed by atoms with Gasteiger partial charge in [-0.2, -0.15) is 0 Å². The number of anilines is 2. The van der Waals surface area contributed by atoms with Gasteiger partial charge in [0, 0.05) is 104 Å². The zero-order valence-corrected chi connectivity index (χ0v) is 37.8. The first kappa shape index (κ1) is 45.6. The summed E-state index contributed by atoms with van der Waals surface area (Å²) in [6, 6.07) is 3.77. The van der Waals surface area contributed by atoms with Gasteiger partial charge in [0.1, 0.15) is 40.3 Å². The molecule has 6 aliphatic rings. The van der Waals surface area contributed by atoms with E-state index < -0.39 is 82.7 Å². The molecule has 65 heavy (non-hydrogen) atoms. The molecule has 2 aromatic rings. The standard InChI is InChI=1S/C48H56N4O13/c1-20-11-10-12-21(2)47(60)51-38-42(58)34-33(37-45(38)64-32-17-28(16-30(54)36(32)50-37)52-19-27-15-29(52)18-49-27)35-44(25(6)41(34)57)65-48(8,46(35)59)62-14-13-31(61-9)22(3)43(63-26(7)53)24(5)40(56)23(4)39(20)55/h10-14,16-17,20,22-24,27,29,31,39-40,43,49,54-57H,15,18-19H2,1-9H3,(H,51,60)/b11-10+,14-13+,21-12-/t20-,22+,23+,24+,27?,29?,31-,39-,40+,43+,48?/m0/s1. The van der Waals surface area contributed by atoms with Gasteiger partial charge in [0.05, 0.1) is 35.5 Å². The minimum absolute atomic E-state index is 0.00306. The smallest absolute Gasteiger partial charge is 0.312 e. The molecule has 0 radical (unpaired) electrons. The second-order valence-corrected chi connectivity index (χ2v) is 18.2. The summed E-state index contributed by atoms with van der Waals surface area (Å²) < 4.78 is 30.4. The van der Waals surface area contributed by atoms with E-state index in [0.29, 0.717) is 18.3 Å². The van der Waals surface area contributed by atoms with Crippen molar-refractivity contribution in [3.8, 4) is 28.7 Å². The van der Waals surface area contributed by atoms with Crippen LogP contribution in [0.15, 0.2) is 57.5 Å². The number of carbonyl (C=O) groups is 3. The third-order valence-corrected chi connectivity index (χ3v) is 13.8. The molecule has 17 nitrogen and oxygen atoms in total. The van der Waals surface area contributed by atoms with Crippen LogP contribution in [0.4, 0.5) is 11.4 Å². The number of fused-ring (bicyclic) bond motifs is 4. The first-order chi connectivity index (χ1) is 30.8. The topological polar surface area (TPSA) is 239 Å². The number of methoxy groups -OCH3 is 1. The Hall–Kier alpha value is -6.01. The highest BCUT2D eigenvalue weighted by Gasteiger charge is 2.50. The number of rotatable bonds is 3. The first-order valence-corrected chi connectivity index (χ1v) is 21.9. The van der Waals surface area contributed by atoms with E-state index in [1.165, 1.54) is 53.2 Å². The Labute approximate surface area is 375 Å². The van der Waals surface area contributed by atoms with E-state index in [0.717, 1.165) is 13.0 Å². The lowest BCUT2D eigenvalue weighted by Crippen LogP contribution is -2.46. The van der Waals surface area contributed by atoms with E-state index in [2.05, 4.69) is 15.5 Å². The largest absolute Gasteiger partial charge is 0.507 e. The molecule has 0 saturated carbocycles. The van der Waals surface area contributed by atoms with E-state index in [1.807, 2.05) is 0 Å². The van der Waals surface area contributed by atoms with Crippen molar-refractivity contribution in [3.63, 3.8) is 0 Å². The van der Waals surface area contributed by atoms with Crippen LogP contribution >= 0.6 is 0 Å². The average Bonchev–Trinajstić information content (AvgIpc) is 3.99. The maximum absolute atomic E-state index is 14.8. The molecule has 1 aliphatic carbocycles. The minimum atomic E-state index is -2.08. The number of aliphatic hydroxyl groups excluding tert-OH is 2. The zero-order valence-electron chi connectivity index (χ0n) is 37.8. The van der Waals surface area contributed by atoms with Gasteiger partial charge < -0.3 is 59.3 Å². The summed E-state index contributed by atoms with van der Waals surface area (Å²) >= 11 is 0. The number of aromatic nitrogens is 1. The van der Waals surface area contributed by atoms with Crippen molar-refractivity contribution in [3.05, 3.63) is 69.6 Å². The van der Waals surface area contributed by atoms with Gasteiger partial charge in [0.2, 0.25) is 5.43 Å². The molecule has 5 heterocycles. The number of nitrogens with one attached hydrogen (secondary N) is 2. The molecule has 8 rings (SSSR count). The number of Topliss-reactive ketones (excluding diaryl/α,β-unsaturated/α-hetero) is 1. The molecule has 2 saturated heterocycles. The van der Waals surface area contributed by atoms with Gasteiger partial charge in [-0.25, -0.2) is 4.98 Å². The molecule has 346 valence electrons. The molecular weight excluding hydrogens is 841 g/mol. The second-order valence-electron chi connectivity index (χ2n) is 18.2. The Bertz CT molecular complexity index is 2730. The number of amides is 1. The van der Waals surface area contributed by atoms with Crippen LogP contribution in [0.2, 0.25) is 0 Å². The number of hydrogen-bond donors (Lipinski definition) is 6. The number of ketones is 1. The summed E-state index contributed by atoms with van der Waals surface area (Å²) in [6.07, 6.45) is 4.42. The van der Waals surface area contributed by atoms with Crippen molar-refractivity contribution in [1.29, 1.82) is 0 Å². The highest BCUT2D eigenvalue weighted by atomic mass is 16.7. The van der Waals surface area contributed by atoms with Crippen LogP contribution in [0.1, 0.15) is 70.8 Å². The quantitative estimate of drug-likeness (QED) is 0.0880. The zero-order chi connectivity index (χ0) is 47.0. The van der Waals surface area contributed by atoms with Crippen molar-refractivity contribution < 1.29 is 58.2 Å². The molecule has 0 aromatic heterocycles. The van der Waals surface area contributed by atoms with Crippen LogP contribution in [0.25, 0.3) is 33.3 Å². The number of nitrogens with zero attached hydrogens (tertiary/aromatic N) is 2. The van der Waals surface area contributed by atoms with Gasteiger partial charge in [-0.15, -0.1) is 0 Å². The van der Waals surface area contributed by atoms with E-state index in [-0.39, 0.29) is 73.3 Å². The maximum atomic E-state index is 14.8. The highest BCUT2D eigenvalue weighted by molar-refractivity contribution is 6.22. The first-order valence-electron chi connectivity index (χ1n) is 21.9. The number of phenols is 2. The molecule has 11 atom stereocenters. The number of phenolic OH excluding ortho intramolecular Hbond substituents is 2. The molecule has 5 aliphatic heterocycles. The third kappa shape index (κ3) is 7.77. The Morgan fingerprint density at radius 3 is 2.40 bits per heavy atom. The second kappa shape index (κ2) is 17.1.